The van der Waals surface area contributed by atoms with Crippen LogP contribution in [0.25, 0.3) is 0 Å². The van der Waals surface area contributed by atoms with Gasteiger partial charge in [-0.2, -0.15) is 0 Å². The van der Waals surface area contributed by atoms with Gasteiger partial charge in [-0.3, -0.25) is 14.4 Å². The number of hydrogen-bond donors (Lipinski definition) is 1. The van der Waals surface area contributed by atoms with Crippen molar-refractivity contribution in [1.29, 1.82) is 0 Å². The van der Waals surface area contributed by atoms with Crippen molar-refractivity contribution in [2.45, 2.75) is 13.0 Å². The molecule has 1 aromatic carbocycles. The van der Waals surface area contributed by atoms with Crippen LogP contribution in [-0.4, -0.2) is 55.2 Å². The fourth-order valence-electron chi connectivity index (χ4n) is 2.90. The molecule has 0 radical (unpaired) electrons. The van der Waals surface area contributed by atoms with E-state index in [9.17, 15) is 9.59 Å². The van der Waals surface area contributed by atoms with Gasteiger partial charge >= 0.3 is 0 Å². The van der Waals surface area contributed by atoms with E-state index in [1.165, 1.54) is 7.11 Å². The summed E-state index contributed by atoms with van der Waals surface area (Å²) in [6, 6.07) is 5.23. The monoisotopic (exact) mass is 394 g/mol. The highest BCUT2D eigenvalue weighted by Crippen LogP contribution is 2.29. The van der Waals surface area contributed by atoms with E-state index in [1.807, 2.05) is 25.1 Å². The van der Waals surface area contributed by atoms with Gasteiger partial charge in [0.05, 0.1) is 13.7 Å². The summed E-state index contributed by atoms with van der Waals surface area (Å²) in [5, 5.41) is 2.88. The maximum atomic E-state index is 12.9. The number of nitrogens with zero attached hydrogens (tertiary/aromatic N) is 3. The van der Waals surface area contributed by atoms with Crippen molar-refractivity contribution in [3.63, 3.8) is 0 Å². The second-order valence-corrected chi connectivity index (χ2v) is 6.63. The lowest BCUT2D eigenvalue weighted by atomic mass is 10.1. The number of halogens is 1. The number of likely N-dealkylation sites (N-methyl/N-ethyl adjacent to an activating group) is 1. The predicted molar refractivity (Wildman–Crippen MR) is 92.7 cm³/mol. The van der Waals surface area contributed by atoms with Gasteiger partial charge in [0.1, 0.15) is 11.7 Å². The highest BCUT2D eigenvalue weighted by molar-refractivity contribution is 9.10. The number of aryl methyl sites for hydroxylation is 1. The molecule has 1 N–H and O–H groups in total. The van der Waals surface area contributed by atoms with E-state index < -0.39 is 6.04 Å². The lowest BCUT2D eigenvalue weighted by molar-refractivity contribution is -0.170. The maximum Gasteiger partial charge on any atom is 0.275 e. The molecular formula is C16H19BrN4O3. The van der Waals surface area contributed by atoms with Crippen LogP contribution in [0.5, 0.6) is 0 Å². The van der Waals surface area contributed by atoms with Crippen LogP contribution in [0.2, 0.25) is 0 Å². The van der Waals surface area contributed by atoms with Crippen molar-refractivity contribution in [2.24, 2.45) is 0 Å². The lowest BCUT2D eigenvalue weighted by Gasteiger charge is -2.35. The Bertz CT molecular complexity index is 721. The average molecular weight is 395 g/mol. The molecule has 128 valence electrons. The van der Waals surface area contributed by atoms with Crippen molar-refractivity contribution < 1.29 is 14.4 Å². The summed E-state index contributed by atoms with van der Waals surface area (Å²) in [6.07, 6.45) is 1.65. The minimum atomic E-state index is -0.597. The molecule has 0 aromatic heterocycles. The molecule has 1 atom stereocenters. The molecule has 0 bridgehead atoms. The SMILES string of the molecule is CON(C)C(=O)C1C=C2C(=O)N(c3ccc(Br)cc3C)CCN2N1. The van der Waals surface area contributed by atoms with E-state index in [1.54, 1.807) is 23.0 Å². The van der Waals surface area contributed by atoms with Crippen LogP contribution in [0.1, 0.15) is 5.56 Å². The number of amides is 2. The van der Waals surface area contributed by atoms with Crippen LogP contribution in [0, 0.1) is 6.92 Å². The summed E-state index contributed by atoms with van der Waals surface area (Å²) in [7, 11) is 2.97. The Kier molecular flexibility index (Phi) is 4.62. The van der Waals surface area contributed by atoms with Gasteiger partial charge < -0.3 is 9.91 Å². The van der Waals surface area contributed by atoms with E-state index in [4.69, 9.17) is 4.84 Å². The first-order valence-electron chi connectivity index (χ1n) is 7.57. The predicted octanol–water partition coefficient (Wildman–Crippen LogP) is 1.20. The number of anilines is 1. The highest BCUT2D eigenvalue weighted by atomic mass is 79.9. The summed E-state index contributed by atoms with van der Waals surface area (Å²) in [5.74, 6) is -0.367. The first-order chi connectivity index (χ1) is 11.4. The number of hydrogen-bond acceptors (Lipinski definition) is 5. The summed E-state index contributed by atoms with van der Waals surface area (Å²) in [6.45, 7) is 3.13. The zero-order valence-electron chi connectivity index (χ0n) is 13.7. The standard InChI is InChI=1S/C16H19BrN4O3/c1-10-8-11(17)4-5-13(10)20-6-7-21-14(16(20)23)9-12(18-21)15(22)19(2)24-3/h4-5,8-9,12,18H,6-7H2,1-3H3. The molecule has 2 aliphatic heterocycles. The minimum Gasteiger partial charge on any atom is -0.305 e. The Labute approximate surface area is 148 Å². The van der Waals surface area contributed by atoms with Crippen molar-refractivity contribution >= 4 is 33.4 Å². The van der Waals surface area contributed by atoms with Gasteiger partial charge in [-0.1, -0.05) is 15.9 Å². The van der Waals surface area contributed by atoms with Crippen molar-refractivity contribution in [3.05, 3.63) is 40.0 Å². The molecule has 8 heteroatoms. The number of carbonyl (C=O) groups excluding carboxylic acids is 2. The molecule has 7 nitrogen and oxygen atoms in total. The fourth-order valence-corrected chi connectivity index (χ4v) is 3.37. The molecule has 24 heavy (non-hydrogen) atoms. The topological polar surface area (TPSA) is 65.1 Å². The third-order valence-corrected chi connectivity index (χ3v) is 4.71. The van der Waals surface area contributed by atoms with Gasteiger partial charge in [0.25, 0.3) is 11.8 Å². The Morgan fingerprint density at radius 3 is 2.83 bits per heavy atom. The van der Waals surface area contributed by atoms with E-state index in [0.717, 1.165) is 20.8 Å². The Balaban J connectivity index is 1.85. The number of hydrazine groups is 1. The van der Waals surface area contributed by atoms with Crippen molar-refractivity contribution in [2.75, 3.05) is 32.1 Å². The van der Waals surface area contributed by atoms with Crippen LogP contribution in [0.3, 0.4) is 0 Å². The molecule has 1 fully saturated rings. The number of benzene rings is 1. The molecule has 1 unspecified atom stereocenters. The zero-order chi connectivity index (χ0) is 17.4. The third kappa shape index (κ3) is 2.92. The summed E-state index contributed by atoms with van der Waals surface area (Å²) in [5.41, 5.74) is 5.44. The number of rotatable bonds is 3. The molecule has 2 amide bonds. The molecule has 0 spiro atoms. The van der Waals surface area contributed by atoms with Crippen LogP contribution >= 0.6 is 15.9 Å². The molecule has 1 saturated heterocycles. The van der Waals surface area contributed by atoms with Gasteiger partial charge in [-0.05, 0) is 36.8 Å². The smallest absolute Gasteiger partial charge is 0.275 e. The highest BCUT2D eigenvalue weighted by Gasteiger charge is 2.38. The fraction of sp³-hybridized carbons (Fsp3) is 0.375. The number of hydroxylamine groups is 2. The first-order valence-corrected chi connectivity index (χ1v) is 8.37. The Hall–Kier alpha value is -1.90. The van der Waals surface area contributed by atoms with Gasteiger partial charge in [0, 0.05) is 23.8 Å². The summed E-state index contributed by atoms with van der Waals surface area (Å²) in [4.78, 5) is 31.7. The second-order valence-electron chi connectivity index (χ2n) is 5.72. The van der Waals surface area contributed by atoms with Gasteiger partial charge in [0.2, 0.25) is 0 Å². The van der Waals surface area contributed by atoms with Gasteiger partial charge in [-0.25, -0.2) is 10.5 Å². The van der Waals surface area contributed by atoms with Crippen LogP contribution < -0.4 is 10.3 Å². The van der Waals surface area contributed by atoms with E-state index >= 15 is 0 Å². The van der Waals surface area contributed by atoms with Crippen LogP contribution in [-0.2, 0) is 14.4 Å². The van der Waals surface area contributed by atoms with Crippen LogP contribution in [0.4, 0.5) is 5.69 Å². The molecule has 0 saturated carbocycles. The Morgan fingerprint density at radius 1 is 1.42 bits per heavy atom. The van der Waals surface area contributed by atoms with Gasteiger partial charge in [0.15, 0.2) is 0 Å². The average Bonchev–Trinajstić information content (AvgIpc) is 2.99. The number of fused-ring (bicyclic) bond motifs is 1. The Morgan fingerprint density at radius 2 is 2.17 bits per heavy atom. The number of piperazine rings is 1. The van der Waals surface area contributed by atoms with E-state index in [2.05, 4.69) is 21.4 Å². The largest absolute Gasteiger partial charge is 0.305 e. The number of carbonyl (C=O) groups is 2. The molecule has 2 aliphatic rings. The molecule has 3 rings (SSSR count). The third-order valence-electron chi connectivity index (χ3n) is 4.22. The molecular weight excluding hydrogens is 376 g/mol. The first kappa shape index (κ1) is 16.9. The van der Waals surface area contributed by atoms with Crippen LogP contribution in [0.15, 0.2) is 34.4 Å². The zero-order valence-corrected chi connectivity index (χ0v) is 15.3. The minimum absolute atomic E-state index is 0.116. The van der Waals surface area contributed by atoms with E-state index in [-0.39, 0.29) is 11.8 Å². The molecule has 1 aromatic rings. The van der Waals surface area contributed by atoms with Gasteiger partial charge in [-0.15, -0.1) is 0 Å². The van der Waals surface area contributed by atoms with Crippen molar-refractivity contribution in [1.82, 2.24) is 15.5 Å². The lowest BCUT2D eigenvalue weighted by Crippen LogP contribution is -2.53. The summed E-state index contributed by atoms with van der Waals surface area (Å²) < 4.78 is 0.977. The second kappa shape index (κ2) is 6.54. The quantitative estimate of drug-likeness (QED) is 0.780. The maximum absolute atomic E-state index is 12.9. The summed E-state index contributed by atoms with van der Waals surface area (Å²) >= 11 is 3.44. The molecule has 2 heterocycles. The van der Waals surface area contributed by atoms with Crippen molar-refractivity contribution in [3.8, 4) is 0 Å². The molecule has 0 aliphatic carbocycles. The normalized spacial score (nSPS) is 20.1. The van der Waals surface area contributed by atoms with E-state index in [0.29, 0.717) is 18.8 Å². The number of nitrogens with one attached hydrogen (secondary N) is 1.